The van der Waals surface area contributed by atoms with Crippen LogP contribution in [0, 0.1) is 10.1 Å². The lowest BCUT2D eigenvalue weighted by molar-refractivity contribution is -0.384. The van der Waals surface area contributed by atoms with Gasteiger partial charge in [0.05, 0.1) is 21.5 Å². The number of aromatic nitrogens is 4. The Hall–Kier alpha value is -4.60. The highest BCUT2D eigenvalue weighted by atomic mass is 19.4. The van der Waals surface area contributed by atoms with Gasteiger partial charge in [0.2, 0.25) is 0 Å². The van der Waals surface area contributed by atoms with Crippen LogP contribution in [0.4, 0.5) is 18.9 Å². The number of non-ortho nitro benzene ring substituents is 1. The molecule has 34 heavy (non-hydrogen) atoms. The molecule has 10 heteroatoms. The highest BCUT2D eigenvalue weighted by molar-refractivity contribution is 5.85. The second-order valence-electron chi connectivity index (χ2n) is 7.40. The molecule has 168 valence electrons. The highest BCUT2D eigenvalue weighted by Gasteiger charge is 2.31. The molecule has 0 aliphatic rings. The molecule has 0 spiro atoms. The quantitative estimate of drug-likeness (QED) is 0.240. The molecule has 0 saturated carbocycles. The van der Waals surface area contributed by atoms with Gasteiger partial charge in [0.1, 0.15) is 5.82 Å². The van der Waals surface area contributed by atoms with Crippen molar-refractivity contribution in [2.45, 2.75) is 6.18 Å². The third-order valence-electron chi connectivity index (χ3n) is 5.13. The van der Waals surface area contributed by atoms with E-state index in [1.165, 1.54) is 28.8 Å². The van der Waals surface area contributed by atoms with Crippen molar-refractivity contribution in [3.63, 3.8) is 0 Å². The molecule has 2 aromatic heterocycles. The summed E-state index contributed by atoms with van der Waals surface area (Å²) in [5.74, 6) is 0.274. The number of alkyl halides is 3. The van der Waals surface area contributed by atoms with Crippen molar-refractivity contribution in [2.24, 2.45) is 0 Å². The predicted molar refractivity (Wildman–Crippen MR) is 121 cm³/mol. The van der Waals surface area contributed by atoms with E-state index in [4.69, 9.17) is 0 Å². The van der Waals surface area contributed by atoms with Crippen LogP contribution in [0.25, 0.3) is 40.2 Å². The molecule has 0 saturated heterocycles. The number of para-hydroxylation sites is 2. The van der Waals surface area contributed by atoms with Crippen LogP contribution in [-0.2, 0) is 6.18 Å². The molecule has 0 N–H and O–H groups in total. The average Bonchev–Trinajstić information content (AvgIpc) is 3.18. The second kappa shape index (κ2) is 8.07. The Labute approximate surface area is 190 Å². The molecule has 5 rings (SSSR count). The summed E-state index contributed by atoms with van der Waals surface area (Å²) in [4.78, 5) is 24.2. The number of nitrogens with zero attached hydrogens (tertiary/aromatic N) is 5. The van der Waals surface area contributed by atoms with Crippen molar-refractivity contribution < 1.29 is 18.1 Å². The summed E-state index contributed by atoms with van der Waals surface area (Å²) in [6.07, 6.45) is -1.37. The average molecular weight is 461 g/mol. The van der Waals surface area contributed by atoms with Crippen LogP contribution in [0.2, 0.25) is 0 Å². The van der Waals surface area contributed by atoms with Crippen molar-refractivity contribution in [3.05, 3.63) is 99.9 Å². The second-order valence-corrected chi connectivity index (χ2v) is 7.40. The van der Waals surface area contributed by atoms with E-state index >= 15 is 0 Å². The topological polar surface area (TPSA) is 86.7 Å². The van der Waals surface area contributed by atoms with Crippen LogP contribution in [-0.4, -0.2) is 24.4 Å². The van der Waals surface area contributed by atoms with E-state index in [-0.39, 0.29) is 28.5 Å². The number of hydrogen-bond acceptors (Lipinski definition) is 5. The van der Waals surface area contributed by atoms with Gasteiger partial charge in [0, 0.05) is 17.8 Å². The van der Waals surface area contributed by atoms with Gasteiger partial charge in [-0.2, -0.15) is 13.2 Å². The maximum Gasteiger partial charge on any atom is 0.416 e. The first-order chi connectivity index (χ1) is 16.3. The smallest absolute Gasteiger partial charge is 0.276 e. The zero-order chi connectivity index (χ0) is 23.9. The lowest BCUT2D eigenvalue weighted by Crippen LogP contribution is -2.07. The summed E-state index contributed by atoms with van der Waals surface area (Å²) in [6, 6.07) is 17.9. The zero-order valence-electron chi connectivity index (χ0n) is 17.3. The van der Waals surface area contributed by atoms with Gasteiger partial charge >= 0.3 is 6.18 Å². The Bertz CT molecular complexity index is 1590. The Morgan fingerprint density at radius 3 is 2.32 bits per heavy atom. The number of nitro groups is 1. The monoisotopic (exact) mass is 461 g/mol. The number of fused-ring (bicyclic) bond motifs is 2. The van der Waals surface area contributed by atoms with Crippen LogP contribution in [0.1, 0.15) is 17.0 Å². The molecule has 3 aromatic carbocycles. The summed E-state index contributed by atoms with van der Waals surface area (Å²) in [7, 11) is 0. The van der Waals surface area contributed by atoms with Gasteiger partial charge in [-0.05, 0) is 42.0 Å². The van der Waals surface area contributed by atoms with Crippen molar-refractivity contribution in [2.75, 3.05) is 0 Å². The molecule has 0 bridgehead atoms. The third kappa shape index (κ3) is 3.96. The van der Waals surface area contributed by atoms with E-state index in [1.54, 1.807) is 48.6 Å². The van der Waals surface area contributed by atoms with Gasteiger partial charge in [-0.3, -0.25) is 14.7 Å². The zero-order valence-corrected chi connectivity index (χ0v) is 17.3. The van der Waals surface area contributed by atoms with E-state index in [2.05, 4.69) is 15.0 Å². The van der Waals surface area contributed by atoms with E-state index in [1.807, 2.05) is 0 Å². The fraction of sp³-hybridized carbons (Fsp3) is 0.0417. The van der Waals surface area contributed by atoms with Gasteiger partial charge in [-0.25, -0.2) is 15.0 Å². The van der Waals surface area contributed by atoms with Crippen LogP contribution < -0.4 is 0 Å². The number of imidazole rings is 1. The molecular weight excluding hydrogens is 447 g/mol. The maximum atomic E-state index is 13.4. The summed E-state index contributed by atoms with van der Waals surface area (Å²) in [6.45, 7) is 0. The Kier molecular flexibility index (Phi) is 5.05. The molecule has 0 atom stereocenters. The lowest BCUT2D eigenvalue weighted by atomic mass is 10.2. The Balaban J connectivity index is 1.72. The predicted octanol–water partition coefficient (Wildman–Crippen LogP) is 6.07. The van der Waals surface area contributed by atoms with Crippen LogP contribution in [0.15, 0.2) is 72.8 Å². The van der Waals surface area contributed by atoms with E-state index in [0.29, 0.717) is 16.6 Å². The minimum absolute atomic E-state index is 0.0804. The van der Waals surface area contributed by atoms with Crippen molar-refractivity contribution in [3.8, 4) is 5.69 Å². The summed E-state index contributed by atoms with van der Waals surface area (Å²) in [5.41, 5.74) is 1.56. The number of nitro benzene ring substituents is 1. The van der Waals surface area contributed by atoms with Crippen LogP contribution in [0.5, 0.6) is 0 Å². The van der Waals surface area contributed by atoms with Crippen molar-refractivity contribution in [1.82, 2.24) is 19.5 Å². The summed E-state index contributed by atoms with van der Waals surface area (Å²) in [5, 5.41) is 11.1. The number of benzene rings is 3. The first-order valence-corrected chi connectivity index (χ1v) is 10.0. The molecule has 7 nitrogen and oxygen atoms in total. The molecule has 5 aromatic rings. The third-order valence-corrected chi connectivity index (χ3v) is 5.13. The highest BCUT2D eigenvalue weighted by Crippen LogP contribution is 2.32. The normalized spacial score (nSPS) is 12.1. The molecule has 2 heterocycles. The lowest BCUT2D eigenvalue weighted by Gasteiger charge is -2.11. The number of halogens is 3. The van der Waals surface area contributed by atoms with E-state index in [0.717, 1.165) is 12.1 Å². The molecular formula is C24H14F3N5O2. The van der Waals surface area contributed by atoms with Crippen LogP contribution >= 0.6 is 0 Å². The van der Waals surface area contributed by atoms with Gasteiger partial charge in [-0.1, -0.05) is 36.4 Å². The van der Waals surface area contributed by atoms with Gasteiger partial charge in [0.15, 0.2) is 11.3 Å². The van der Waals surface area contributed by atoms with Crippen molar-refractivity contribution in [1.29, 1.82) is 0 Å². The standard InChI is InChI=1S/C24H14F3N5O2/c25-24(26,27)16-6-4-7-17(14-16)31-21(12-11-15-5-3-8-18(13-15)32(33)34)30-22-23(31)29-20-10-2-1-9-19(20)28-22/h1-14H. The van der Waals surface area contributed by atoms with E-state index < -0.39 is 16.7 Å². The Morgan fingerprint density at radius 2 is 1.59 bits per heavy atom. The fourth-order valence-corrected chi connectivity index (χ4v) is 3.57. The number of hydrogen-bond donors (Lipinski definition) is 0. The molecule has 0 unspecified atom stereocenters. The Morgan fingerprint density at radius 1 is 0.853 bits per heavy atom. The molecule has 0 amide bonds. The molecule has 0 radical (unpaired) electrons. The SMILES string of the molecule is O=[N+]([O-])c1cccc(C=Cc2nc3nc4ccccc4nc3n2-c2cccc(C(F)(F)F)c2)c1. The molecule has 0 aliphatic carbocycles. The minimum Gasteiger partial charge on any atom is -0.276 e. The first kappa shape index (κ1) is 21.3. The first-order valence-electron chi connectivity index (χ1n) is 10.0. The minimum atomic E-state index is -4.52. The maximum absolute atomic E-state index is 13.4. The van der Waals surface area contributed by atoms with Gasteiger partial charge in [-0.15, -0.1) is 0 Å². The van der Waals surface area contributed by atoms with E-state index in [9.17, 15) is 23.3 Å². The molecule has 0 aliphatic heterocycles. The van der Waals surface area contributed by atoms with Crippen molar-refractivity contribution >= 4 is 40.2 Å². The number of rotatable bonds is 4. The summed E-state index contributed by atoms with van der Waals surface area (Å²) < 4.78 is 41.6. The van der Waals surface area contributed by atoms with Gasteiger partial charge < -0.3 is 0 Å². The summed E-state index contributed by atoms with van der Waals surface area (Å²) >= 11 is 0. The van der Waals surface area contributed by atoms with Crippen LogP contribution in [0.3, 0.4) is 0 Å². The largest absolute Gasteiger partial charge is 0.416 e. The van der Waals surface area contributed by atoms with Gasteiger partial charge in [0.25, 0.3) is 5.69 Å². The fourth-order valence-electron chi connectivity index (χ4n) is 3.57. The molecule has 0 fully saturated rings.